The average Bonchev–Trinajstić information content (AvgIpc) is 1.61. The molecule has 0 aromatic carbocycles. The predicted octanol–water partition coefficient (Wildman–Crippen LogP) is 19.2. The van der Waals surface area contributed by atoms with Gasteiger partial charge in [0.25, 0.3) is 19.4 Å². The molecule has 28 atom stereocenters. The van der Waals surface area contributed by atoms with Gasteiger partial charge in [0, 0.05) is 41.3 Å². The molecule has 0 aromatic rings. The maximum atomic E-state index is 11.7. The minimum absolute atomic E-state index is 0.00264. The van der Waals surface area contributed by atoms with Crippen molar-refractivity contribution in [2.24, 2.45) is 118 Å². The zero-order chi connectivity index (χ0) is 97.7. The number of fused-ring (bicyclic) bond motifs is 13. The van der Waals surface area contributed by atoms with Gasteiger partial charge in [0.1, 0.15) is 42.7 Å². The highest BCUT2D eigenvalue weighted by Crippen LogP contribution is 2.76. The van der Waals surface area contributed by atoms with Gasteiger partial charge in [0.2, 0.25) is 0 Å². The van der Waals surface area contributed by atoms with E-state index < -0.39 is 60.9 Å². The lowest BCUT2D eigenvalue weighted by atomic mass is 9.43. The second kappa shape index (κ2) is 43.0. The molecule has 0 aromatic heterocycles. The van der Waals surface area contributed by atoms with Gasteiger partial charge in [-0.05, 0) is 311 Å². The smallest absolute Gasteiger partial charge is 0.331 e. The number of hydrogen-bond donors (Lipinski definition) is 9. The highest BCUT2D eigenvalue weighted by molar-refractivity contribution is 5.82. The molecular formula is C112H172O19. The van der Waals surface area contributed by atoms with Gasteiger partial charge < -0.3 is 74.4 Å². The lowest BCUT2D eigenvalue weighted by Crippen LogP contribution is -2.59. The summed E-state index contributed by atoms with van der Waals surface area (Å²) in [6.07, 6.45) is 24.7. The number of esters is 1. The first-order chi connectivity index (χ1) is 61.2. The van der Waals surface area contributed by atoms with Crippen molar-refractivity contribution in [1.82, 2.24) is 0 Å². The SMILES string of the molecule is C=C(CC[C@@H](OC=O)C1CC[C@@]2(C)C3=C(CC[C@]12C)[C@@]1(C)CC[C@H](O)C(C)(C)C1CC3)C(C)C.C=C(CC[C@@H](OC=O)C1C[C@H](O)[C@@]2(C)C3=C(CC[C@]12C)[C@@]1(C)CC[C@H](O)C(C)(C)C1CC3)C(C)C.C=C(CC[C@@H](OC=O)C1C[C@H](O)[C@@]2(C)C3=CCC4C(C)(C)[C@@H](O)CC[C@]4(C)C3=CC[C@]12C)C(C)C.CC#CC#CC#C/C=C/C(=O)OC.CCOC1[C@H](O)OC(CO)[C@H](O)[C@H]1O. The van der Waals surface area contributed by atoms with Crippen LogP contribution in [0.4, 0.5) is 0 Å². The van der Waals surface area contributed by atoms with E-state index in [0.717, 1.165) is 122 Å². The summed E-state index contributed by atoms with van der Waals surface area (Å²) < 4.78 is 31.5. The Bertz CT molecular complexity index is 4420. The number of carbonyl (C=O) groups excluding carboxylic acids is 4. The summed E-state index contributed by atoms with van der Waals surface area (Å²) in [5.74, 6) is 18.0. The molecule has 9 N–H and O–H groups in total. The van der Waals surface area contributed by atoms with Gasteiger partial charge in [-0.25, -0.2) is 4.79 Å². The molecule has 19 heteroatoms. The van der Waals surface area contributed by atoms with E-state index in [1.54, 1.807) is 30.6 Å². The molecule has 7 fully saturated rings. The number of ether oxygens (including phenoxy) is 6. The number of allylic oxidation sites excluding steroid dienone is 10. The molecule has 8 unspecified atom stereocenters. The second-order valence-electron chi connectivity index (χ2n) is 46.3. The maximum absolute atomic E-state index is 11.7. The summed E-state index contributed by atoms with van der Waals surface area (Å²) in [5.41, 5.74) is 12.2. The Kier molecular flexibility index (Phi) is 35.7. The first-order valence-electron chi connectivity index (χ1n) is 49.9. The van der Waals surface area contributed by atoms with Gasteiger partial charge >= 0.3 is 5.97 Å². The highest BCUT2D eigenvalue weighted by atomic mass is 16.7. The minimum atomic E-state index is -1.33. The van der Waals surface area contributed by atoms with Crippen molar-refractivity contribution in [3.05, 3.63) is 94.2 Å². The fourth-order valence-corrected chi connectivity index (χ4v) is 29.3. The summed E-state index contributed by atoms with van der Waals surface area (Å²) in [4.78, 5) is 45.1. The molecule has 1 saturated heterocycles. The molecule has 131 heavy (non-hydrogen) atoms. The number of methoxy groups -OCH3 is 1. The van der Waals surface area contributed by atoms with Crippen molar-refractivity contribution in [2.75, 3.05) is 20.3 Å². The molecule has 19 nitrogen and oxygen atoms in total. The summed E-state index contributed by atoms with van der Waals surface area (Å²) in [7, 11) is 1.30. The first kappa shape index (κ1) is 109. The van der Waals surface area contributed by atoms with E-state index in [1.807, 2.05) is 0 Å². The highest BCUT2D eigenvalue weighted by Gasteiger charge is 2.71. The van der Waals surface area contributed by atoms with Crippen LogP contribution in [0.15, 0.2) is 94.2 Å². The third-order valence-electron chi connectivity index (χ3n) is 38.9. The molecule has 0 radical (unpaired) electrons. The normalized spacial score (nSPS) is 39.3. The Morgan fingerprint density at radius 2 is 0.939 bits per heavy atom. The molecule has 13 aliphatic rings. The molecule has 0 spiro atoms. The third-order valence-corrected chi connectivity index (χ3v) is 38.9. The third kappa shape index (κ3) is 20.3. The van der Waals surface area contributed by atoms with E-state index in [0.29, 0.717) is 80.3 Å². The van der Waals surface area contributed by atoms with Crippen molar-refractivity contribution in [3.63, 3.8) is 0 Å². The number of rotatable bonds is 25. The van der Waals surface area contributed by atoms with E-state index in [1.165, 1.54) is 84.8 Å². The largest absolute Gasteiger partial charge is 0.466 e. The Labute approximate surface area is 788 Å². The Morgan fingerprint density at radius 3 is 1.40 bits per heavy atom. The molecule has 734 valence electrons. The topological polar surface area (TPSA) is 306 Å². The summed E-state index contributed by atoms with van der Waals surface area (Å²) in [5, 5.41) is 93.0. The molecule has 6 saturated carbocycles. The Hall–Kier alpha value is -5.96. The van der Waals surface area contributed by atoms with E-state index in [9.17, 15) is 60.0 Å². The van der Waals surface area contributed by atoms with Crippen LogP contribution < -0.4 is 0 Å². The lowest BCUT2D eigenvalue weighted by Gasteiger charge is -2.62. The van der Waals surface area contributed by atoms with Crippen LogP contribution in [-0.4, -0.2) is 171 Å². The van der Waals surface area contributed by atoms with Gasteiger partial charge in [-0.1, -0.05) is 228 Å². The van der Waals surface area contributed by atoms with Crippen LogP contribution in [0.3, 0.4) is 0 Å². The fraction of sp³-hybridized carbons (Fsp3) is 0.768. The molecule has 0 bridgehead atoms. The quantitative estimate of drug-likeness (QED) is 0.0102. The van der Waals surface area contributed by atoms with Gasteiger partial charge in [0.15, 0.2) is 6.29 Å². The summed E-state index contributed by atoms with van der Waals surface area (Å²) in [6.45, 7) is 66.1. The average molecular weight is 1820 g/mol. The fourth-order valence-electron chi connectivity index (χ4n) is 29.3. The predicted molar refractivity (Wildman–Crippen MR) is 516 cm³/mol. The first-order valence-corrected chi connectivity index (χ1v) is 49.9. The second-order valence-corrected chi connectivity index (χ2v) is 46.3. The zero-order valence-corrected chi connectivity index (χ0v) is 84.8. The van der Waals surface area contributed by atoms with Gasteiger partial charge in [-0.3, -0.25) is 14.4 Å². The summed E-state index contributed by atoms with van der Waals surface area (Å²) >= 11 is 0. The molecular weight excluding hydrogens is 1650 g/mol. The molecule has 1 aliphatic heterocycles. The monoisotopic (exact) mass is 1820 g/mol. The van der Waals surface area contributed by atoms with Gasteiger partial charge in [0.05, 0.1) is 44.2 Å². The molecule has 13 rings (SSSR count). The van der Waals surface area contributed by atoms with Crippen molar-refractivity contribution in [1.29, 1.82) is 0 Å². The van der Waals surface area contributed by atoms with Crippen LogP contribution in [0.5, 0.6) is 0 Å². The van der Waals surface area contributed by atoms with Gasteiger partial charge in [-0.15, -0.1) is 0 Å². The van der Waals surface area contributed by atoms with E-state index in [2.05, 4.69) is 218 Å². The number of aliphatic hydroxyl groups is 9. The van der Waals surface area contributed by atoms with E-state index >= 15 is 0 Å². The van der Waals surface area contributed by atoms with Crippen LogP contribution in [0.25, 0.3) is 0 Å². The van der Waals surface area contributed by atoms with Gasteiger partial charge in [-0.2, -0.15) is 0 Å². The molecule has 0 amide bonds. The molecule has 12 aliphatic carbocycles. The van der Waals surface area contributed by atoms with E-state index in [4.69, 9.17) is 28.8 Å². The van der Waals surface area contributed by atoms with Crippen molar-refractivity contribution in [3.8, 4) is 35.5 Å². The van der Waals surface area contributed by atoms with Crippen molar-refractivity contribution < 1.29 is 93.6 Å². The number of hydrogen-bond acceptors (Lipinski definition) is 19. The van der Waals surface area contributed by atoms with E-state index in [-0.39, 0.29) is 108 Å². The van der Waals surface area contributed by atoms with Crippen molar-refractivity contribution >= 4 is 25.4 Å². The lowest BCUT2D eigenvalue weighted by molar-refractivity contribution is -0.295. The minimum Gasteiger partial charge on any atom is -0.466 e. The maximum Gasteiger partial charge on any atom is 0.331 e. The Balaban J connectivity index is 0.000000194. The number of aliphatic hydroxyl groups excluding tert-OH is 9. The standard InChI is InChI=1S/C31H50O4.C31H48O4.C31H50O3.C11H8O2.C8H16O6/c2*1-19(2)20(3)9-11-24(35-18-32)23-17-27(34)31(8)22-10-12-25-28(4,5)26(33)14-15-29(25,6)21(22)13-16-30(23,31)7;1-20(2)21(3)9-11-25(34-19-32)24-14-18-30(7)23-10-12-26-28(4,5)27(33)15-16-29(26,6)22(23)13-17-31(24,30)8;1-3-4-5-6-7-8-9-10-11(12)13-2;1-2-13-7-6(11)5(10)4(3-9)14-8(7)12/h18-19,23-27,33-34H,3,9-17H2,1-2,4-8H3;10,13,18-19,23-27,33-34H,3,9,11-12,14-17H2,1-2,4-8H3;19-20,24-27,33H,3,9-18H2,1-2,4-8H3;9-10H,1-2H3;4-12H,2-3H2,1H3/b;;;10-9+;/t2*23?,24-,25?,26+,27+,29-,30-,31-;24?,25-,26?,27+,29-,30+,31-;;4?,5-,6+,7?,8+/m111.0/s1. The van der Waals surface area contributed by atoms with Crippen LogP contribution in [-0.2, 0) is 47.6 Å². The van der Waals surface area contributed by atoms with Crippen LogP contribution in [0.2, 0.25) is 0 Å². The zero-order valence-electron chi connectivity index (χ0n) is 84.8. The van der Waals surface area contributed by atoms with Crippen molar-refractivity contribution in [2.45, 2.75) is 406 Å². The number of carbonyl (C=O) groups is 4. The Morgan fingerprint density at radius 1 is 0.496 bits per heavy atom. The molecule has 1 heterocycles. The van der Waals surface area contributed by atoms with Crippen LogP contribution in [0.1, 0.15) is 326 Å². The summed E-state index contributed by atoms with van der Waals surface area (Å²) in [6, 6.07) is 0. The van der Waals surface area contributed by atoms with Crippen LogP contribution >= 0.6 is 0 Å². The van der Waals surface area contributed by atoms with Crippen LogP contribution in [0, 0.1) is 154 Å².